The molecule has 4 fully saturated rings. The predicted octanol–water partition coefficient (Wildman–Crippen LogP) is 8.59. The van der Waals surface area contributed by atoms with Gasteiger partial charge in [-0.15, -0.1) is 0 Å². The van der Waals surface area contributed by atoms with Gasteiger partial charge in [-0.1, -0.05) is 66.2 Å². The van der Waals surface area contributed by atoms with Gasteiger partial charge in [-0.05, 0) is 133 Å². The number of aliphatic hydroxyl groups is 1. The van der Waals surface area contributed by atoms with Crippen LogP contribution < -0.4 is 4.74 Å². The number of methoxy groups -OCH3 is 1. The Kier molecular flexibility index (Phi) is 9.27. The number of hydrogen-bond donors (Lipinski definition) is 4. The summed E-state index contributed by atoms with van der Waals surface area (Å²) in [5, 5.41) is 39.0. The highest BCUT2D eigenvalue weighted by Crippen LogP contribution is 2.75. The molecule has 7 nitrogen and oxygen atoms in total. The van der Waals surface area contributed by atoms with Gasteiger partial charge in [-0.3, -0.25) is 4.79 Å². The molecule has 0 saturated heterocycles. The Morgan fingerprint density at radius 2 is 1.62 bits per heavy atom. The summed E-state index contributed by atoms with van der Waals surface area (Å²) in [4.78, 5) is 23.0. The lowest BCUT2D eigenvalue weighted by molar-refractivity contribution is -0.206. The number of aliphatic carboxylic acids is 2. The van der Waals surface area contributed by atoms with Gasteiger partial charge in [0, 0.05) is 6.08 Å². The van der Waals surface area contributed by atoms with Gasteiger partial charge in [0.25, 0.3) is 0 Å². The molecule has 0 aliphatic heterocycles. The van der Waals surface area contributed by atoms with E-state index >= 15 is 0 Å². The summed E-state index contributed by atoms with van der Waals surface area (Å²) in [6, 6.07) is 4.59. The van der Waals surface area contributed by atoms with E-state index in [0.717, 1.165) is 51.0 Å². The largest absolute Gasteiger partial charge is 0.504 e. The molecule has 47 heavy (non-hydrogen) atoms. The van der Waals surface area contributed by atoms with Crippen molar-refractivity contribution in [1.82, 2.24) is 0 Å². The van der Waals surface area contributed by atoms with Crippen LogP contribution in [0.4, 0.5) is 0 Å². The summed E-state index contributed by atoms with van der Waals surface area (Å²) in [6.45, 7) is 17.0. The van der Waals surface area contributed by atoms with Crippen molar-refractivity contribution in [1.29, 1.82) is 0 Å². The van der Waals surface area contributed by atoms with Crippen molar-refractivity contribution < 1.29 is 34.8 Å². The van der Waals surface area contributed by atoms with Gasteiger partial charge in [0.05, 0.1) is 18.6 Å². The number of phenols is 1. The van der Waals surface area contributed by atoms with E-state index in [2.05, 4.69) is 54.5 Å². The summed E-state index contributed by atoms with van der Waals surface area (Å²) >= 11 is 0. The molecule has 6 rings (SSSR count). The molecule has 260 valence electrons. The number of carboxylic acids is 2. The average molecular weight is 651 g/mol. The van der Waals surface area contributed by atoms with Gasteiger partial charge in [0.15, 0.2) is 11.5 Å². The lowest BCUT2D eigenvalue weighted by Gasteiger charge is -2.71. The van der Waals surface area contributed by atoms with Crippen molar-refractivity contribution in [2.75, 3.05) is 7.11 Å². The van der Waals surface area contributed by atoms with Crippen LogP contribution in [0.5, 0.6) is 11.5 Å². The van der Waals surface area contributed by atoms with Crippen molar-refractivity contribution in [2.45, 2.75) is 112 Å². The van der Waals surface area contributed by atoms with Gasteiger partial charge in [-0.2, -0.15) is 0 Å². The summed E-state index contributed by atoms with van der Waals surface area (Å²) < 4.78 is 4.86. The summed E-state index contributed by atoms with van der Waals surface area (Å²) in [6.07, 6.45) is 14.1. The van der Waals surface area contributed by atoms with Crippen LogP contribution in [-0.4, -0.2) is 45.6 Å². The number of benzene rings is 1. The van der Waals surface area contributed by atoms with Gasteiger partial charge < -0.3 is 25.2 Å². The normalized spacial score (nSPS) is 41.9. The zero-order valence-electron chi connectivity index (χ0n) is 29.8. The molecule has 0 radical (unpaired) electrons. The first-order valence-electron chi connectivity index (χ1n) is 17.8. The number of carbonyl (C=O) groups is 2. The summed E-state index contributed by atoms with van der Waals surface area (Å²) in [5.74, 6) is 1.15. The van der Waals surface area contributed by atoms with Crippen LogP contribution in [0.25, 0.3) is 6.08 Å². The van der Waals surface area contributed by atoms with Crippen LogP contribution in [0.15, 0.2) is 35.9 Å². The molecule has 7 heteroatoms. The second-order valence-corrected chi connectivity index (χ2v) is 17.1. The van der Waals surface area contributed by atoms with Crippen molar-refractivity contribution in [3.8, 4) is 11.5 Å². The third-order valence-corrected chi connectivity index (χ3v) is 15.0. The molecule has 4 N–H and O–H groups in total. The molecular weight excluding hydrogens is 592 g/mol. The highest BCUT2D eigenvalue weighted by atomic mass is 16.5. The lowest BCUT2D eigenvalue weighted by atomic mass is 9.33. The van der Waals surface area contributed by atoms with Crippen molar-refractivity contribution in [2.24, 2.45) is 56.7 Å². The molecule has 0 amide bonds. The molecule has 0 heterocycles. The van der Waals surface area contributed by atoms with Gasteiger partial charge in [0.1, 0.15) is 0 Å². The Balaban J connectivity index is 0.000000261. The topological polar surface area (TPSA) is 124 Å². The van der Waals surface area contributed by atoms with Crippen molar-refractivity contribution >= 4 is 18.0 Å². The van der Waals surface area contributed by atoms with Crippen molar-refractivity contribution in [3.63, 3.8) is 0 Å². The quantitative estimate of drug-likeness (QED) is 0.190. The Labute approximate surface area is 281 Å². The van der Waals surface area contributed by atoms with Crippen LogP contribution in [0.2, 0.25) is 0 Å². The first kappa shape index (κ1) is 35.5. The van der Waals surface area contributed by atoms with Crippen molar-refractivity contribution in [3.05, 3.63) is 41.5 Å². The fourth-order valence-electron chi connectivity index (χ4n) is 11.8. The SMILES string of the molecule is COc1cc(/C=C/C(=O)O)ccc1O.C[C@H]1[C@H](C)CC[C@]2(C(=O)O)CC[C@]3(C)C(=CC[C@@H]4[C@@]5(C)CC[C@H](O)C(C)(C)[C@@H]5CC[C@]43C)[C@H]12. The average Bonchev–Trinajstić information content (AvgIpc) is 3.01. The van der Waals surface area contributed by atoms with Gasteiger partial charge in [0.2, 0.25) is 0 Å². The molecule has 0 aromatic heterocycles. The van der Waals surface area contributed by atoms with E-state index in [0.29, 0.717) is 35.0 Å². The molecule has 5 aliphatic carbocycles. The number of fused-ring (bicyclic) bond motifs is 7. The Bertz CT molecular complexity index is 1440. The number of hydrogen-bond acceptors (Lipinski definition) is 5. The van der Waals surface area contributed by atoms with E-state index in [1.807, 2.05) is 0 Å². The van der Waals surface area contributed by atoms with Gasteiger partial charge >= 0.3 is 11.9 Å². The molecule has 5 aliphatic rings. The second-order valence-electron chi connectivity index (χ2n) is 17.1. The van der Waals surface area contributed by atoms with E-state index in [1.165, 1.54) is 37.7 Å². The number of rotatable bonds is 4. The first-order chi connectivity index (χ1) is 21.9. The predicted molar refractivity (Wildman–Crippen MR) is 184 cm³/mol. The number of ether oxygens (including phenoxy) is 1. The van der Waals surface area contributed by atoms with E-state index < -0.39 is 17.4 Å². The lowest BCUT2D eigenvalue weighted by Crippen LogP contribution is -2.65. The first-order valence-corrected chi connectivity index (χ1v) is 17.8. The summed E-state index contributed by atoms with van der Waals surface area (Å²) in [5.41, 5.74) is 2.11. The maximum Gasteiger partial charge on any atom is 0.328 e. The fourth-order valence-corrected chi connectivity index (χ4v) is 11.8. The van der Waals surface area contributed by atoms with E-state index in [-0.39, 0.29) is 39.4 Å². The molecule has 0 unspecified atom stereocenters. The maximum absolute atomic E-state index is 12.8. The van der Waals surface area contributed by atoms with Crippen LogP contribution in [0.1, 0.15) is 112 Å². The Morgan fingerprint density at radius 3 is 2.26 bits per heavy atom. The van der Waals surface area contributed by atoms with Gasteiger partial charge in [-0.25, -0.2) is 4.79 Å². The molecule has 10 atom stereocenters. The number of carboxylic acid groups (broad SMARTS) is 2. The van der Waals surface area contributed by atoms with Crippen LogP contribution in [0, 0.1) is 56.7 Å². The van der Waals surface area contributed by atoms with E-state index in [4.69, 9.17) is 9.84 Å². The molecular formula is C40H58O7. The highest BCUT2D eigenvalue weighted by molar-refractivity contribution is 5.85. The minimum Gasteiger partial charge on any atom is -0.504 e. The van der Waals surface area contributed by atoms with E-state index in [1.54, 1.807) is 12.1 Å². The van der Waals surface area contributed by atoms with E-state index in [9.17, 15) is 24.9 Å². The monoisotopic (exact) mass is 650 g/mol. The molecule has 1 aromatic rings. The third-order valence-electron chi connectivity index (χ3n) is 15.0. The minimum absolute atomic E-state index is 0.0278. The Hall–Kier alpha value is -2.80. The van der Waals surface area contributed by atoms with Crippen LogP contribution >= 0.6 is 0 Å². The zero-order valence-corrected chi connectivity index (χ0v) is 29.8. The number of allylic oxidation sites excluding steroid dienone is 2. The maximum atomic E-state index is 12.8. The number of phenolic OH excluding ortho intramolecular Hbond substituents is 1. The Morgan fingerprint density at radius 1 is 0.915 bits per heavy atom. The smallest absolute Gasteiger partial charge is 0.328 e. The minimum atomic E-state index is -1.02. The highest BCUT2D eigenvalue weighted by Gasteiger charge is 2.69. The zero-order chi connectivity index (χ0) is 34.7. The van der Waals surface area contributed by atoms with Crippen LogP contribution in [0.3, 0.4) is 0 Å². The number of aromatic hydroxyl groups is 1. The summed E-state index contributed by atoms with van der Waals surface area (Å²) in [7, 11) is 1.43. The number of aliphatic hydroxyl groups excluding tert-OH is 1. The standard InChI is InChI=1S/C30H48O3.C10H10O4/c1-18-10-15-30(25(32)33)17-16-28(6)20(24(30)19(18)2)8-9-22-27(5)13-12-23(31)26(3,4)21(27)11-14-29(22,28)7;1-14-9-6-7(2-4-8(9)11)3-5-10(12)13/h8,18-19,21-24,31H,9-17H2,1-7H3,(H,32,33);2-6,11H,1H3,(H,12,13)/b;5-3+/t18-,19+,21+,22-,23+,24+,27+,28-,29-,30+;/m1./s1. The third kappa shape index (κ3) is 5.43. The second kappa shape index (κ2) is 12.3. The fraction of sp³-hybridized carbons (Fsp3) is 0.700. The molecule has 0 spiro atoms. The van der Waals surface area contributed by atoms with Crippen LogP contribution in [-0.2, 0) is 9.59 Å². The molecule has 4 saturated carbocycles. The molecule has 1 aromatic carbocycles. The molecule has 0 bridgehead atoms.